The molecule has 2 N–H and O–H groups in total. The first-order valence-corrected chi connectivity index (χ1v) is 7.37. The predicted octanol–water partition coefficient (Wildman–Crippen LogP) is 2.09. The zero-order chi connectivity index (χ0) is 16.0. The zero-order valence-electron chi connectivity index (χ0n) is 12.2. The van der Waals surface area contributed by atoms with E-state index in [4.69, 9.17) is 0 Å². The van der Waals surface area contributed by atoms with Crippen LogP contribution in [0.1, 0.15) is 41.6 Å². The molecule has 1 aromatic carbocycles. The number of hydrogen-bond acceptors (Lipinski definition) is 5. The molecule has 0 radical (unpaired) electrons. The van der Waals surface area contributed by atoms with E-state index in [1.54, 1.807) is 0 Å². The summed E-state index contributed by atoms with van der Waals surface area (Å²) in [5, 5.41) is 30.4. The normalized spacial score (nSPS) is 27.0. The first-order valence-electron chi connectivity index (χ1n) is 7.37. The molecule has 2 unspecified atom stereocenters. The van der Waals surface area contributed by atoms with Crippen LogP contribution in [-0.2, 0) is 0 Å². The first-order chi connectivity index (χ1) is 10.4. The number of carboxylic acid groups (broad SMARTS) is 1. The van der Waals surface area contributed by atoms with Crippen molar-refractivity contribution in [3.8, 4) is 0 Å². The second kappa shape index (κ2) is 5.24. The molecule has 0 aromatic heterocycles. The van der Waals surface area contributed by atoms with Gasteiger partial charge in [-0.15, -0.1) is 0 Å². The molecule has 22 heavy (non-hydrogen) atoms. The monoisotopic (exact) mass is 306 g/mol. The third-order valence-corrected chi connectivity index (χ3v) is 4.81. The van der Waals surface area contributed by atoms with Crippen LogP contribution in [0.15, 0.2) is 12.1 Å². The molecule has 2 aliphatic heterocycles. The van der Waals surface area contributed by atoms with Crippen molar-refractivity contribution in [2.24, 2.45) is 0 Å². The summed E-state index contributed by atoms with van der Waals surface area (Å²) in [7, 11) is 0. The second-order valence-electron chi connectivity index (χ2n) is 6.08. The lowest BCUT2D eigenvalue weighted by Gasteiger charge is -2.39. The number of nitro benzene ring substituents is 1. The highest BCUT2D eigenvalue weighted by atomic mass is 16.6. The van der Waals surface area contributed by atoms with Gasteiger partial charge in [-0.05, 0) is 38.7 Å². The Morgan fingerprint density at radius 2 is 1.91 bits per heavy atom. The fourth-order valence-electron chi connectivity index (χ4n) is 3.91. The van der Waals surface area contributed by atoms with Gasteiger partial charge in [0, 0.05) is 23.7 Å². The summed E-state index contributed by atoms with van der Waals surface area (Å²) >= 11 is 0. The average molecular weight is 306 g/mol. The number of anilines is 1. The number of fused-ring (bicyclic) bond motifs is 2. The molecule has 2 saturated heterocycles. The van der Waals surface area contributed by atoms with Crippen molar-refractivity contribution in [1.82, 2.24) is 0 Å². The van der Waals surface area contributed by atoms with E-state index >= 15 is 0 Å². The Hall–Kier alpha value is -2.15. The van der Waals surface area contributed by atoms with Gasteiger partial charge in [-0.25, -0.2) is 4.79 Å². The molecule has 3 rings (SSSR count). The van der Waals surface area contributed by atoms with Crippen LogP contribution in [-0.4, -0.2) is 39.3 Å². The van der Waals surface area contributed by atoms with Gasteiger partial charge in [-0.2, -0.15) is 0 Å². The summed E-state index contributed by atoms with van der Waals surface area (Å²) in [6.45, 7) is 1.48. The lowest BCUT2D eigenvalue weighted by Crippen LogP contribution is -2.45. The summed E-state index contributed by atoms with van der Waals surface area (Å²) in [5.74, 6) is -1.15. The van der Waals surface area contributed by atoms with E-state index < -0.39 is 10.9 Å². The number of aliphatic hydroxyl groups excluding tert-OH is 1. The summed E-state index contributed by atoms with van der Waals surface area (Å²) in [6, 6.07) is 3.12. The number of aromatic carboxylic acids is 1. The van der Waals surface area contributed by atoms with Gasteiger partial charge in [0.25, 0.3) is 5.69 Å². The maximum atomic E-state index is 11.7. The van der Waals surface area contributed by atoms with Crippen molar-refractivity contribution in [3.63, 3.8) is 0 Å². The Balaban J connectivity index is 2.10. The first kappa shape index (κ1) is 14.8. The van der Waals surface area contributed by atoms with Crippen molar-refractivity contribution < 1.29 is 19.9 Å². The summed E-state index contributed by atoms with van der Waals surface area (Å²) < 4.78 is 0. The Morgan fingerprint density at radius 3 is 2.41 bits per heavy atom. The largest absolute Gasteiger partial charge is 0.478 e. The average Bonchev–Trinajstić information content (AvgIpc) is 2.69. The molecule has 2 bridgehead atoms. The molecule has 0 saturated carbocycles. The van der Waals surface area contributed by atoms with Crippen LogP contribution in [0.25, 0.3) is 0 Å². The van der Waals surface area contributed by atoms with Crippen LogP contribution in [0.5, 0.6) is 0 Å². The fourth-order valence-corrected chi connectivity index (χ4v) is 3.91. The Bertz CT molecular complexity index is 631. The molecule has 2 aliphatic rings. The minimum Gasteiger partial charge on any atom is -0.478 e. The van der Waals surface area contributed by atoms with Crippen LogP contribution >= 0.6 is 0 Å². The topological polar surface area (TPSA) is 104 Å². The molecule has 7 nitrogen and oxygen atoms in total. The smallest absolute Gasteiger partial charge is 0.338 e. The van der Waals surface area contributed by atoms with Crippen LogP contribution < -0.4 is 4.90 Å². The van der Waals surface area contributed by atoms with E-state index in [9.17, 15) is 25.1 Å². The number of hydrogen-bond donors (Lipinski definition) is 2. The molecule has 118 valence electrons. The van der Waals surface area contributed by atoms with Gasteiger partial charge >= 0.3 is 5.97 Å². The number of rotatable bonds is 3. The van der Waals surface area contributed by atoms with Gasteiger partial charge in [0.15, 0.2) is 0 Å². The van der Waals surface area contributed by atoms with Gasteiger partial charge < -0.3 is 15.1 Å². The molecule has 0 aliphatic carbocycles. The highest BCUT2D eigenvalue weighted by Gasteiger charge is 2.42. The van der Waals surface area contributed by atoms with Crippen molar-refractivity contribution in [2.75, 3.05) is 4.90 Å². The van der Waals surface area contributed by atoms with E-state index in [2.05, 4.69) is 0 Å². The fraction of sp³-hybridized carbons (Fsp3) is 0.533. The Kier molecular flexibility index (Phi) is 3.52. The Labute approximate surface area is 127 Å². The summed E-state index contributed by atoms with van der Waals surface area (Å²) in [4.78, 5) is 24.2. The number of carbonyl (C=O) groups is 1. The number of piperidine rings is 1. The number of nitro groups is 1. The molecule has 0 spiro atoms. The number of nitrogens with zero attached hydrogens (tertiary/aromatic N) is 2. The van der Waals surface area contributed by atoms with Gasteiger partial charge in [0.1, 0.15) is 0 Å². The standard InChI is InChI=1S/C15H18N2O5/c1-8-12(17(21)22)4-5-13(14(8)15(19)20)16-9-2-3-10(16)7-11(18)6-9/h4-5,9-11,18H,2-3,6-7H2,1H3,(H,19,20). The molecule has 1 aromatic rings. The molecule has 2 fully saturated rings. The van der Waals surface area contributed by atoms with E-state index in [1.807, 2.05) is 4.90 Å². The van der Waals surface area contributed by atoms with Crippen LogP contribution in [0.3, 0.4) is 0 Å². The molecule has 0 amide bonds. The number of aliphatic hydroxyl groups is 1. The molecule has 2 heterocycles. The third-order valence-electron chi connectivity index (χ3n) is 4.81. The highest BCUT2D eigenvalue weighted by molar-refractivity contribution is 5.97. The third kappa shape index (κ3) is 2.21. The van der Waals surface area contributed by atoms with E-state index in [0.717, 1.165) is 12.8 Å². The minimum absolute atomic E-state index is 0.00231. The van der Waals surface area contributed by atoms with Crippen LogP contribution in [0, 0.1) is 17.0 Å². The summed E-state index contributed by atoms with van der Waals surface area (Å²) in [5.41, 5.74) is 0.545. The number of benzene rings is 1. The van der Waals surface area contributed by atoms with E-state index in [-0.39, 0.29) is 35.0 Å². The maximum Gasteiger partial charge on any atom is 0.338 e. The van der Waals surface area contributed by atoms with Gasteiger partial charge in [-0.1, -0.05) is 0 Å². The highest BCUT2D eigenvalue weighted by Crippen LogP contribution is 2.42. The van der Waals surface area contributed by atoms with Crippen molar-refractivity contribution in [1.29, 1.82) is 0 Å². The quantitative estimate of drug-likeness (QED) is 0.654. The van der Waals surface area contributed by atoms with Crippen molar-refractivity contribution in [2.45, 2.75) is 50.8 Å². The lowest BCUT2D eigenvalue weighted by atomic mass is 9.96. The predicted molar refractivity (Wildman–Crippen MR) is 79.3 cm³/mol. The molecule has 2 atom stereocenters. The number of carboxylic acids is 1. The zero-order valence-corrected chi connectivity index (χ0v) is 12.2. The van der Waals surface area contributed by atoms with Crippen molar-refractivity contribution in [3.05, 3.63) is 33.4 Å². The maximum absolute atomic E-state index is 11.7. The van der Waals surface area contributed by atoms with Gasteiger partial charge in [0.2, 0.25) is 0 Å². The minimum atomic E-state index is -1.15. The second-order valence-corrected chi connectivity index (χ2v) is 6.08. The van der Waals surface area contributed by atoms with E-state index in [0.29, 0.717) is 18.5 Å². The lowest BCUT2D eigenvalue weighted by molar-refractivity contribution is -0.385. The van der Waals surface area contributed by atoms with Crippen LogP contribution in [0.4, 0.5) is 11.4 Å². The SMILES string of the molecule is Cc1c([N+](=O)[O-])ccc(N2C3CCC2CC(O)C3)c1C(=O)O. The van der Waals surface area contributed by atoms with Gasteiger partial charge in [0.05, 0.1) is 22.3 Å². The van der Waals surface area contributed by atoms with Crippen molar-refractivity contribution >= 4 is 17.3 Å². The molecule has 7 heteroatoms. The van der Waals surface area contributed by atoms with Crippen LogP contribution in [0.2, 0.25) is 0 Å². The molecular formula is C15H18N2O5. The summed E-state index contributed by atoms with van der Waals surface area (Å²) in [6.07, 6.45) is 2.71. The van der Waals surface area contributed by atoms with E-state index in [1.165, 1.54) is 19.1 Å². The Morgan fingerprint density at radius 1 is 1.32 bits per heavy atom. The van der Waals surface area contributed by atoms with Gasteiger partial charge in [-0.3, -0.25) is 10.1 Å². The molecular weight excluding hydrogens is 288 g/mol.